The fourth-order valence-electron chi connectivity index (χ4n) is 6.03. The van der Waals surface area contributed by atoms with Crippen molar-refractivity contribution in [1.29, 1.82) is 0 Å². The number of rotatable bonds is 5. The molecule has 0 bridgehead atoms. The normalized spacial score (nSPS) is 31.8. The predicted octanol–water partition coefficient (Wildman–Crippen LogP) is 3.76. The Labute approximate surface area is 198 Å². The number of nitrogens with zero attached hydrogens (tertiary/aromatic N) is 2. The number of aliphatic hydroxyl groups is 1. The minimum absolute atomic E-state index is 0.0331. The Kier molecular flexibility index (Phi) is 5.77. The molecular weight excluding hydrogens is 436 g/mol. The Bertz CT molecular complexity index is 1050. The Morgan fingerprint density at radius 1 is 1.24 bits per heavy atom. The van der Waals surface area contributed by atoms with E-state index in [1.165, 1.54) is 16.2 Å². The summed E-state index contributed by atoms with van der Waals surface area (Å²) in [5.41, 5.74) is 1.47. The number of amides is 2. The minimum Gasteiger partial charge on any atom is -0.392 e. The lowest BCUT2D eigenvalue weighted by molar-refractivity contribution is -0.134. The number of pyridine rings is 1. The fourth-order valence-corrected chi connectivity index (χ4v) is 7.29. The molecule has 2 aromatic rings. The first kappa shape index (κ1) is 22.5. The molecule has 3 aliphatic rings. The first-order valence-corrected chi connectivity index (χ1v) is 12.8. The molecule has 3 N–H and O–H groups in total. The standard InChI is InChI=1S/C25H32N4O3S/c1-13(22(31)27-16-4-5-16)17-6-9-25(3)12-18-20(14(2)19(25)21(17)30)28-24(33-18)29-23(32)15-7-10-26-11-8-15/h7-8,10-11,13-14,16-17,19,21,30H,4-6,9,12H2,1-3H3,(H,27,31)(H,28,29,32)/t13-,14-,17-,19+,21-,25-/m0/s1. The molecule has 7 nitrogen and oxygen atoms in total. The van der Waals surface area contributed by atoms with E-state index in [-0.39, 0.29) is 40.9 Å². The highest BCUT2D eigenvalue weighted by Crippen LogP contribution is 2.57. The second kappa shape index (κ2) is 8.47. The molecule has 2 saturated carbocycles. The molecule has 2 aromatic heterocycles. The van der Waals surface area contributed by atoms with Gasteiger partial charge in [0.2, 0.25) is 5.91 Å². The van der Waals surface area contributed by atoms with Crippen LogP contribution in [0.4, 0.5) is 5.13 Å². The lowest BCUT2D eigenvalue weighted by atomic mass is 9.53. The molecule has 2 heterocycles. The molecule has 0 spiro atoms. The van der Waals surface area contributed by atoms with Crippen LogP contribution in [0.25, 0.3) is 0 Å². The number of carbonyl (C=O) groups excluding carboxylic acids is 2. The Hall–Kier alpha value is -2.32. The van der Waals surface area contributed by atoms with Gasteiger partial charge in [0.25, 0.3) is 5.91 Å². The van der Waals surface area contributed by atoms with Crippen LogP contribution >= 0.6 is 11.3 Å². The van der Waals surface area contributed by atoms with Gasteiger partial charge in [0, 0.05) is 40.7 Å². The highest BCUT2D eigenvalue weighted by molar-refractivity contribution is 7.15. The van der Waals surface area contributed by atoms with E-state index in [0.717, 1.165) is 37.8 Å². The molecule has 2 fully saturated rings. The molecule has 3 aliphatic carbocycles. The van der Waals surface area contributed by atoms with E-state index in [4.69, 9.17) is 4.98 Å². The average Bonchev–Trinajstić information content (AvgIpc) is 3.51. The first-order valence-electron chi connectivity index (χ1n) is 12.0. The van der Waals surface area contributed by atoms with Gasteiger partial charge in [-0.25, -0.2) is 4.98 Å². The molecular formula is C25H32N4O3S. The highest BCUT2D eigenvalue weighted by atomic mass is 32.1. The van der Waals surface area contributed by atoms with Crippen LogP contribution in [0.15, 0.2) is 24.5 Å². The van der Waals surface area contributed by atoms with Crippen molar-refractivity contribution < 1.29 is 14.7 Å². The van der Waals surface area contributed by atoms with Crippen molar-refractivity contribution >= 4 is 28.3 Å². The number of anilines is 1. The van der Waals surface area contributed by atoms with Crippen molar-refractivity contribution in [3.63, 3.8) is 0 Å². The van der Waals surface area contributed by atoms with Gasteiger partial charge in [-0.15, -0.1) is 11.3 Å². The number of hydrogen-bond donors (Lipinski definition) is 3. The van der Waals surface area contributed by atoms with Crippen LogP contribution in [-0.4, -0.2) is 39.0 Å². The van der Waals surface area contributed by atoms with Crippen molar-refractivity contribution in [1.82, 2.24) is 15.3 Å². The SMILES string of the molecule is C[C@H](C(=O)NC1CC1)[C@@H]1CC[C@@]2(C)Cc3sc(NC(=O)c4ccncc4)nc3[C@@H](C)[C@@H]2[C@H]1O. The summed E-state index contributed by atoms with van der Waals surface area (Å²) in [5, 5.41) is 18.2. The fraction of sp³-hybridized carbons (Fsp3) is 0.600. The second-order valence-corrected chi connectivity index (χ2v) is 11.5. The summed E-state index contributed by atoms with van der Waals surface area (Å²) >= 11 is 1.54. The van der Waals surface area contributed by atoms with Crippen molar-refractivity contribution in [2.75, 3.05) is 5.32 Å². The van der Waals surface area contributed by atoms with Gasteiger partial charge in [-0.05, 0) is 61.5 Å². The molecule has 8 heteroatoms. The number of aliphatic hydroxyl groups excluding tert-OH is 1. The molecule has 0 unspecified atom stereocenters. The van der Waals surface area contributed by atoms with Crippen LogP contribution in [0.3, 0.4) is 0 Å². The van der Waals surface area contributed by atoms with E-state index in [1.54, 1.807) is 24.5 Å². The zero-order valence-corrected chi connectivity index (χ0v) is 20.2. The van der Waals surface area contributed by atoms with Crippen molar-refractivity contribution in [2.24, 2.45) is 23.2 Å². The third-order valence-electron chi connectivity index (χ3n) is 8.06. The predicted molar refractivity (Wildman–Crippen MR) is 127 cm³/mol. The lowest BCUT2D eigenvalue weighted by Gasteiger charge is -2.53. The van der Waals surface area contributed by atoms with Gasteiger partial charge in [0.15, 0.2) is 5.13 Å². The molecule has 0 aromatic carbocycles. The minimum atomic E-state index is -0.552. The Morgan fingerprint density at radius 2 is 1.97 bits per heavy atom. The van der Waals surface area contributed by atoms with Gasteiger partial charge in [0.05, 0.1) is 11.8 Å². The van der Waals surface area contributed by atoms with Crippen molar-refractivity contribution in [3.05, 3.63) is 40.7 Å². The summed E-state index contributed by atoms with van der Waals surface area (Å²) in [6, 6.07) is 3.69. The van der Waals surface area contributed by atoms with Gasteiger partial charge in [-0.1, -0.05) is 20.8 Å². The van der Waals surface area contributed by atoms with E-state index in [2.05, 4.69) is 29.5 Å². The zero-order valence-electron chi connectivity index (χ0n) is 19.4. The number of nitrogens with one attached hydrogen (secondary N) is 2. The lowest BCUT2D eigenvalue weighted by Crippen LogP contribution is -2.53. The van der Waals surface area contributed by atoms with Crippen LogP contribution in [0, 0.1) is 23.2 Å². The molecule has 0 radical (unpaired) electrons. The van der Waals surface area contributed by atoms with Crippen LogP contribution in [-0.2, 0) is 11.2 Å². The van der Waals surface area contributed by atoms with Crippen LogP contribution in [0.2, 0.25) is 0 Å². The van der Waals surface area contributed by atoms with Crippen molar-refractivity contribution in [2.45, 2.75) is 70.9 Å². The van der Waals surface area contributed by atoms with E-state index in [1.807, 2.05) is 6.92 Å². The van der Waals surface area contributed by atoms with Gasteiger partial charge in [0.1, 0.15) is 0 Å². The first-order chi connectivity index (χ1) is 15.8. The zero-order chi connectivity index (χ0) is 23.3. The molecule has 0 saturated heterocycles. The van der Waals surface area contributed by atoms with Crippen LogP contribution < -0.4 is 10.6 Å². The summed E-state index contributed by atoms with van der Waals surface area (Å²) < 4.78 is 0. The van der Waals surface area contributed by atoms with E-state index in [9.17, 15) is 14.7 Å². The quantitative estimate of drug-likeness (QED) is 0.620. The van der Waals surface area contributed by atoms with Gasteiger partial charge >= 0.3 is 0 Å². The van der Waals surface area contributed by atoms with Crippen LogP contribution in [0.5, 0.6) is 0 Å². The highest BCUT2D eigenvalue weighted by Gasteiger charge is 2.54. The van der Waals surface area contributed by atoms with Gasteiger partial charge in [-0.2, -0.15) is 0 Å². The van der Waals surface area contributed by atoms with E-state index >= 15 is 0 Å². The summed E-state index contributed by atoms with van der Waals surface area (Å²) in [5.74, 6) is -0.289. The van der Waals surface area contributed by atoms with Crippen molar-refractivity contribution in [3.8, 4) is 0 Å². The van der Waals surface area contributed by atoms with E-state index in [0.29, 0.717) is 16.7 Å². The Balaban J connectivity index is 1.35. The van der Waals surface area contributed by atoms with E-state index < -0.39 is 6.10 Å². The summed E-state index contributed by atoms with van der Waals surface area (Å²) in [6.07, 6.45) is 7.43. The smallest absolute Gasteiger partial charge is 0.257 e. The molecule has 2 amide bonds. The number of carbonyl (C=O) groups is 2. The molecule has 33 heavy (non-hydrogen) atoms. The topological polar surface area (TPSA) is 104 Å². The van der Waals surface area contributed by atoms with Crippen LogP contribution in [0.1, 0.15) is 73.3 Å². The van der Waals surface area contributed by atoms with Gasteiger partial charge in [-0.3, -0.25) is 19.9 Å². The average molecular weight is 469 g/mol. The summed E-state index contributed by atoms with van der Waals surface area (Å²) in [6.45, 7) is 6.36. The molecule has 176 valence electrons. The number of thiazole rings is 1. The molecule has 6 atom stereocenters. The maximum absolute atomic E-state index is 12.7. The number of hydrogen-bond acceptors (Lipinski definition) is 6. The summed E-state index contributed by atoms with van der Waals surface area (Å²) in [4.78, 5) is 35.2. The maximum Gasteiger partial charge on any atom is 0.257 e. The third kappa shape index (κ3) is 4.19. The van der Waals surface area contributed by atoms with Gasteiger partial charge < -0.3 is 10.4 Å². The molecule has 0 aliphatic heterocycles. The summed E-state index contributed by atoms with van der Waals surface area (Å²) in [7, 11) is 0. The number of aromatic nitrogens is 2. The molecule has 5 rings (SSSR count). The maximum atomic E-state index is 12.7. The monoisotopic (exact) mass is 468 g/mol. The number of fused-ring (bicyclic) bond motifs is 2. The Morgan fingerprint density at radius 3 is 2.67 bits per heavy atom. The largest absolute Gasteiger partial charge is 0.392 e. The third-order valence-corrected chi connectivity index (χ3v) is 9.05. The second-order valence-electron chi connectivity index (χ2n) is 10.4.